The Bertz CT molecular complexity index is 227. The molecule has 0 fully saturated rings. The van der Waals surface area contributed by atoms with Gasteiger partial charge in [0.05, 0.1) is 26.2 Å². The third-order valence-corrected chi connectivity index (χ3v) is 2.23. The van der Waals surface area contributed by atoms with Gasteiger partial charge in [0.2, 0.25) is 0 Å². The Balaban J connectivity index is 3.24. The highest BCUT2D eigenvalue weighted by Crippen LogP contribution is 2.00. The molecule has 0 aromatic carbocycles. The zero-order chi connectivity index (χ0) is 13.6. The normalized spacial score (nSPS) is 10.1. The second kappa shape index (κ2) is 12.4. The molecule has 0 N–H and O–H groups in total. The maximum absolute atomic E-state index is 11.2. The number of hydrogen-bond acceptors (Lipinski definition) is 5. The number of unbranched alkanes of at least 4 members (excludes halogenated alkanes) is 2. The van der Waals surface area contributed by atoms with E-state index in [2.05, 4.69) is 6.92 Å². The van der Waals surface area contributed by atoms with E-state index in [1.807, 2.05) is 0 Å². The molecular formula is C13H24O5. The van der Waals surface area contributed by atoms with Gasteiger partial charge in [-0.1, -0.05) is 19.8 Å². The third kappa shape index (κ3) is 11.4. The Kier molecular flexibility index (Phi) is 11.6. The lowest BCUT2D eigenvalue weighted by Crippen LogP contribution is -2.13. The summed E-state index contributed by atoms with van der Waals surface area (Å²) in [4.78, 5) is 22.1. The summed E-state index contributed by atoms with van der Waals surface area (Å²) in [5.74, 6) is -0.452. The highest BCUT2D eigenvalue weighted by molar-refractivity contribution is 5.69. The first-order valence-electron chi connectivity index (χ1n) is 6.59. The summed E-state index contributed by atoms with van der Waals surface area (Å²) in [7, 11) is 0. The summed E-state index contributed by atoms with van der Waals surface area (Å²) in [6.45, 7) is 5.09. The zero-order valence-electron chi connectivity index (χ0n) is 11.4. The molecule has 0 heterocycles. The highest BCUT2D eigenvalue weighted by Gasteiger charge is 2.03. The van der Waals surface area contributed by atoms with Gasteiger partial charge in [0, 0.05) is 6.42 Å². The van der Waals surface area contributed by atoms with Crippen LogP contribution in [0.5, 0.6) is 0 Å². The van der Waals surface area contributed by atoms with Crippen molar-refractivity contribution in [3.63, 3.8) is 0 Å². The Hall–Kier alpha value is -1.10. The van der Waals surface area contributed by atoms with Gasteiger partial charge < -0.3 is 14.2 Å². The number of ether oxygens (including phenoxy) is 3. The Morgan fingerprint density at radius 1 is 0.833 bits per heavy atom. The molecule has 5 heteroatoms. The van der Waals surface area contributed by atoms with Crippen LogP contribution in [0.1, 0.15) is 46.0 Å². The van der Waals surface area contributed by atoms with E-state index < -0.39 is 0 Å². The van der Waals surface area contributed by atoms with Gasteiger partial charge in [0.1, 0.15) is 6.61 Å². The second-order valence-electron chi connectivity index (χ2n) is 3.84. The van der Waals surface area contributed by atoms with Gasteiger partial charge in [0.25, 0.3) is 0 Å². The van der Waals surface area contributed by atoms with E-state index >= 15 is 0 Å². The molecule has 0 bridgehead atoms. The maximum Gasteiger partial charge on any atom is 0.308 e. The summed E-state index contributed by atoms with van der Waals surface area (Å²) in [5.41, 5.74) is 0. The fourth-order valence-electron chi connectivity index (χ4n) is 1.30. The minimum atomic E-state index is -0.269. The molecule has 0 spiro atoms. The Morgan fingerprint density at radius 2 is 1.56 bits per heavy atom. The van der Waals surface area contributed by atoms with Gasteiger partial charge >= 0.3 is 11.9 Å². The van der Waals surface area contributed by atoms with Gasteiger partial charge in [-0.05, 0) is 13.3 Å². The smallest absolute Gasteiger partial charge is 0.308 e. The van der Waals surface area contributed by atoms with Crippen LogP contribution in [-0.4, -0.2) is 38.4 Å². The number of hydrogen-bond donors (Lipinski definition) is 0. The Morgan fingerprint density at radius 3 is 2.22 bits per heavy atom. The van der Waals surface area contributed by atoms with Crippen molar-refractivity contribution in [1.82, 2.24) is 0 Å². The summed E-state index contributed by atoms with van der Waals surface area (Å²) in [5, 5.41) is 0. The molecule has 0 rings (SSSR count). The predicted octanol–water partition coefficient (Wildman–Crippen LogP) is 2.08. The second-order valence-corrected chi connectivity index (χ2v) is 3.84. The molecule has 0 atom stereocenters. The first kappa shape index (κ1) is 16.9. The molecule has 0 amide bonds. The summed E-state index contributed by atoms with van der Waals surface area (Å²) < 4.78 is 14.8. The van der Waals surface area contributed by atoms with Crippen LogP contribution >= 0.6 is 0 Å². The van der Waals surface area contributed by atoms with Crippen LogP contribution in [0.2, 0.25) is 0 Å². The third-order valence-electron chi connectivity index (χ3n) is 2.23. The van der Waals surface area contributed by atoms with Crippen LogP contribution in [0, 0.1) is 0 Å². The summed E-state index contributed by atoms with van der Waals surface area (Å²) in [6, 6.07) is 0. The standard InChI is InChI=1S/C13H24O5/c1-3-5-6-7-12(14)18-11-10-16-9-8-13(15)17-4-2/h3-11H2,1-2H3. The van der Waals surface area contributed by atoms with E-state index in [9.17, 15) is 9.59 Å². The maximum atomic E-state index is 11.2. The van der Waals surface area contributed by atoms with Crippen molar-refractivity contribution >= 4 is 11.9 Å². The molecule has 0 unspecified atom stereocenters. The van der Waals surface area contributed by atoms with Crippen LogP contribution in [0.4, 0.5) is 0 Å². The molecule has 18 heavy (non-hydrogen) atoms. The van der Waals surface area contributed by atoms with Crippen molar-refractivity contribution < 1.29 is 23.8 Å². The SMILES string of the molecule is CCCCCC(=O)OCCOCCC(=O)OCC. The van der Waals surface area contributed by atoms with E-state index in [4.69, 9.17) is 14.2 Å². The van der Waals surface area contributed by atoms with Gasteiger partial charge in [0.15, 0.2) is 0 Å². The van der Waals surface area contributed by atoms with Crippen molar-refractivity contribution in [2.45, 2.75) is 46.0 Å². The molecule has 0 saturated carbocycles. The van der Waals surface area contributed by atoms with Crippen molar-refractivity contribution in [3.8, 4) is 0 Å². The van der Waals surface area contributed by atoms with E-state index in [0.29, 0.717) is 26.2 Å². The average Bonchev–Trinajstić information content (AvgIpc) is 2.34. The first-order valence-corrected chi connectivity index (χ1v) is 6.59. The highest BCUT2D eigenvalue weighted by atomic mass is 16.6. The van der Waals surface area contributed by atoms with E-state index in [-0.39, 0.29) is 25.0 Å². The first-order chi connectivity index (χ1) is 8.70. The van der Waals surface area contributed by atoms with Crippen LogP contribution in [-0.2, 0) is 23.8 Å². The van der Waals surface area contributed by atoms with Gasteiger partial charge in [-0.3, -0.25) is 9.59 Å². The molecule has 0 radical (unpaired) electrons. The van der Waals surface area contributed by atoms with Crippen molar-refractivity contribution in [1.29, 1.82) is 0 Å². The quantitative estimate of drug-likeness (QED) is 0.420. The lowest BCUT2D eigenvalue weighted by atomic mass is 10.2. The van der Waals surface area contributed by atoms with Gasteiger partial charge in [-0.15, -0.1) is 0 Å². The fourth-order valence-corrected chi connectivity index (χ4v) is 1.30. The largest absolute Gasteiger partial charge is 0.466 e. The van der Waals surface area contributed by atoms with Crippen molar-refractivity contribution in [3.05, 3.63) is 0 Å². The van der Waals surface area contributed by atoms with E-state index in [1.165, 1.54) is 0 Å². The number of esters is 2. The lowest BCUT2D eigenvalue weighted by Gasteiger charge is -2.06. The molecule has 0 aliphatic carbocycles. The van der Waals surface area contributed by atoms with Crippen LogP contribution in [0.3, 0.4) is 0 Å². The van der Waals surface area contributed by atoms with Crippen LogP contribution < -0.4 is 0 Å². The monoisotopic (exact) mass is 260 g/mol. The van der Waals surface area contributed by atoms with Crippen molar-refractivity contribution in [2.24, 2.45) is 0 Å². The lowest BCUT2D eigenvalue weighted by molar-refractivity contribution is -0.147. The van der Waals surface area contributed by atoms with Crippen molar-refractivity contribution in [2.75, 3.05) is 26.4 Å². The molecular weight excluding hydrogens is 236 g/mol. The van der Waals surface area contributed by atoms with Crippen LogP contribution in [0.25, 0.3) is 0 Å². The van der Waals surface area contributed by atoms with Gasteiger partial charge in [-0.25, -0.2) is 0 Å². The minimum absolute atomic E-state index is 0.183. The number of carbonyl (C=O) groups is 2. The number of rotatable bonds is 11. The predicted molar refractivity (Wildman–Crippen MR) is 67.2 cm³/mol. The Labute approximate surface area is 109 Å². The van der Waals surface area contributed by atoms with Crippen LogP contribution in [0.15, 0.2) is 0 Å². The minimum Gasteiger partial charge on any atom is -0.466 e. The number of carbonyl (C=O) groups excluding carboxylic acids is 2. The average molecular weight is 260 g/mol. The molecule has 0 aromatic rings. The van der Waals surface area contributed by atoms with Gasteiger partial charge in [-0.2, -0.15) is 0 Å². The molecule has 0 aliphatic heterocycles. The molecule has 106 valence electrons. The molecule has 0 aliphatic rings. The topological polar surface area (TPSA) is 61.8 Å². The van der Waals surface area contributed by atoms with E-state index in [1.54, 1.807) is 6.92 Å². The molecule has 0 aromatic heterocycles. The summed E-state index contributed by atoms with van der Waals surface area (Å²) in [6.07, 6.45) is 3.71. The summed E-state index contributed by atoms with van der Waals surface area (Å²) >= 11 is 0. The zero-order valence-corrected chi connectivity index (χ0v) is 11.4. The molecule has 5 nitrogen and oxygen atoms in total. The fraction of sp³-hybridized carbons (Fsp3) is 0.846. The van der Waals surface area contributed by atoms with E-state index in [0.717, 1.165) is 19.3 Å². The molecule has 0 saturated heterocycles.